The average Bonchev–Trinajstić information content (AvgIpc) is 2.70. The summed E-state index contributed by atoms with van der Waals surface area (Å²) in [5, 5.41) is 0. The van der Waals surface area contributed by atoms with Gasteiger partial charge in [0.25, 0.3) is 0 Å². The minimum atomic E-state index is -3.34. The minimum Gasteiger partial charge on any atom is -0.340 e. The van der Waals surface area contributed by atoms with Crippen LogP contribution in [-0.2, 0) is 27.1 Å². The third-order valence-electron chi connectivity index (χ3n) is 5.24. The summed E-state index contributed by atoms with van der Waals surface area (Å²) < 4.78 is 26.8. The van der Waals surface area contributed by atoms with Gasteiger partial charge in [0.15, 0.2) is 0 Å². The Morgan fingerprint density at radius 2 is 1.55 bits per heavy atom. The van der Waals surface area contributed by atoms with Gasteiger partial charge in [-0.15, -0.1) is 0 Å². The second-order valence-corrected chi connectivity index (χ2v) is 9.62. The number of carbonyl (C=O) groups excluding carboxylic acids is 1. The molecule has 0 radical (unpaired) electrons. The highest BCUT2D eigenvalue weighted by Gasteiger charge is 2.28. The number of rotatable bonds is 7. The van der Waals surface area contributed by atoms with E-state index in [9.17, 15) is 13.2 Å². The number of benzene rings is 2. The van der Waals surface area contributed by atoms with Crippen molar-refractivity contribution in [1.82, 2.24) is 14.1 Å². The normalized spacial score (nSPS) is 15.9. The molecule has 0 saturated carbocycles. The van der Waals surface area contributed by atoms with Gasteiger partial charge in [0.1, 0.15) is 0 Å². The number of hydrogen-bond donors (Lipinski definition) is 0. The van der Waals surface area contributed by atoms with Gasteiger partial charge < -0.3 is 4.90 Å². The highest BCUT2D eigenvalue weighted by atomic mass is 32.2. The molecule has 2 aromatic rings. The van der Waals surface area contributed by atoms with Gasteiger partial charge in [-0.3, -0.25) is 9.69 Å². The van der Waals surface area contributed by atoms with Crippen LogP contribution >= 0.6 is 0 Å². The summed E-state index contributed by atoms with van der Waals surface area (Å²) in [7, 11) is -1.53. The molecule has 6 nitrogen and oxygen atoms in total. The largest absolute Gasteiger partial charge is 0.340 e. The molecule has 0 unspecified atom stereocenters. The van der Waals surface area contributed by atoms with Gasteiger partial charge in [-0.25, -0.2) is 8.42 Å². The maximum absolute atomic E-state index is 12.7. The van der Waals surface area contributed by atoms with Crippen LogP contribution in [0.15, 0.2) is 54.6 Å². The van der Waals surface area contributed by atoms with E-state index in [0.717, 1.165) is 11.1 Å². The number of sulfonamides is 1. The zero-order valence-electron chi connectivity index (χ0n) is 17.1. The van der Waals surface area contributed by atoms with Crippen LogP contribution in [0, 0.1) is 6.92 Å². The molecule has 1 aliphatic rings. The third kappa shape index (κ3) is 6.13. The molecule has 1 fully saturated rings. The minimum absolute atomic E-state index is 0.0199. The van der Waals surface area contributed by atoms with E-state index in [4.69, 9.17) is 0 Å². The number of hydrogen-bond acceptors (Lipinski definition) is 4. The summed E-state index contributed by atoms with van der Waals surface area (Å²) in [5.74, 6) is 0.0673. The lowest BCUT2D eigenvalue weighted by atomic mass is 10.1. The van der Waals surface area contributed by atoms with Crippen molar-refractivity contribution in [2.24, 2.45) is 0 Å². The van der Waals surface area contributed by atoms with Crippen LogP contribution < -0.4 is 0 Å². The van der Waals surface area contributed by atoms with Crippen LogP contribution in [0.3, 0.4) is 0 Å². The Morgan fingerprint density at radius 1 is 0.931 bits per heavy atom. The molecule has 0 atom stereocenters. The second kappa shape index (κ2) is 9.52. The first-order valence-electron chi connectivity index (χ1n) is 9.87. The predicted molar refractivity (Wildman–Crippen MR) is 115 cm³/mol. The van der Waals surface area contributed by atoms with E-state index in [1.807, 2.05) is 73.5 Å². The SMILES string of the molecule is Cc1ccc(CN(C)C(=O)CN2CCN(S(=O)(=O)Cc3ccccc3)CC2)cc1. The third-order valence-corrected chi connectivity index (χ3v) is 7.09. The quantitative estimate of drug-likeness (QED) is 0.695. The Hall–Kier alpha value is -2.22. The number of nitrogens with zero attached hydrogens (tertiary/aromatic N) is 3. The van der Waals surface area contributed by atoms with Crippen LogP contribution in [0.4, 0.5) is 0 Å². The maximum atomic E-state index is 12.7. The smallest absolute Gasteiger partial charge is 0.236 e. The highest BCUT2D eigenvalue weighted by molar-refractivity contribution is 7.88. The van der Waals surface area contributed by atoms with Crippen LogP contribution in [0.1, 0.15) is 16.7 Å². The predicted octanol–water partition coefficient (Wildman–Crippen LogP) is 2.10. The number of piperazine rings is 1. The lowest BCUT2D eigenvalue weighted by molar-refractivity contribution is -0.131. The van der Waals surface area contributed by atoms with Crippen LogP contribution in [0.5, 0.6) is 0 Å². The van der Waals surface area contributed by atoms with E-state index in [1.165, 1.54) is 9.87 Å². The van der Waals surface area contributed by atoms with Gasteiger partial charge in [0, 0.05) is 39.8 Å². The van der Waals surface area contributed by atoms with E-state index in [2.05, 4.69) is 0 Å². The van der Waals surface area contributed by atoms with E-state index < -0.39 is 10.0 Å². The fourth-order valence-corrected chi connectivity index (χ4v) is 4.93. The van der Waals surface area contributed by atoms with Gasteiger partial charge in [-0.1, -0.05) is 60.2 Å². The molecular weight excluding hydrogens is 386 g/mol. The zero-order chi connectivity index (χ0) is 20.9. The molecule has 1 aliphatic heterocycles. The van der Waals surface area contributed by atoms with Crippen molar-refractivity contribution < 1.29 is 13.2 Å². The Balaban J connectivity index is 1.47. The van der Waals surface area contributed by atoms with Crippen molar-refractivity contribution in [2.45, 2.75) is 19.2 Å². The molecule has 0 bridgehead atoms. The molecule has 1 saturated heterocycles. The van der Waals surface area contributed by atoms with Gasteiger partial charge in [0.05, 0.1) is 12.3 Å². The first kappa shape index (κ1) is 21.5. The van der Waals surface area contributed by atoms with Crippen LogP contribution in [-0.4, -0.2) is 68.2 Å². The standard InChI is InChI=1S/C22H29N3O3S/c1-19-8-10-20(11-9-19)16-23(2)22(26)17-24-12-14-25(15-13-24)29(27,28)18-21-6-4-3-5-7-21/h3-11H,12-18H2,1-2H3. The lowest BCUT2D eigenvalue weighted by Crippen LogP contribution is -2.51. The topological polar surface area (TPSA) is 60.9 Å². The molecule has 0 N–H and O–H groups in total. The summed E-state index contributed by atoms with van der Waals surface area (Å²) in [6.45, 7) is 4.91. The number of aryl methyl sites for hydroxylation is 1. The van der Waals surface area contributed by atoms with Crippen molar-refractivity contribution in [2.75, 3.05) is 39.8 Å². The first-order chi connectivity index (χ1) is 13.8. The van der Waals surface area contributed by atoms with Crippen molar-refractivity contribution >= 4 is 15.9 Å². The van der Waals surface area contributed by atoms with Crippen molar-refractivity contribution in [1.29, 1.82) is 0 Å². The zero-order valence-corrected chi connectivity index (χ0v) is 17.9. The van der Waals surface area contributed by atoms with Gasteiger partial charge in [0.2, 0.25) is 15.9 Å². The monoisotopic (exact) mass is 415 g/mol. The highest BCUT2D eigenvalue weighted by Crippen LogP contribution is 2.14. The van der Waals surface area contributed by atoms with Crippen molar-refractivity contribution in [3.63, 3.8) is 0 Å². The molecule has 1 heterocycles. The van der Waals surface area contributed by atoms with E-state index in [-0.39, 0.29) is 11.7 Å². The molecule has 0 aliphatic carbocycles. The van der Waals surface area contributed by atoms with Crippen LogP contribution in [0.25, 0.3) is 0 Å². The molecular formula is C22H29N3O3S. The Morgan fingerprint density at radius 3 is 2.17 bits per heavy atom. The molecule has 2 aromatic carbocycles. The Labute approximate surface area is 173 Å². The van der Waals surface area contributed by atoms with E-state index in [1.54, 1.807) is 4.90 Å². The summed E-state index contributed by atoms with van der Waals surface area (Å²) in [6.07, 6.45) is 0. The Kier molecular flexibility index (Phi) is 7.05. The Bertz CT molecular complexity index is 906. The molecule has 1 amide bonds. The number of amides is 1. The summed E-state index contributed by atoms with van der Waals surface area (Å²) in [6, 6.07) is 17.4. The molecule has 7 heteroatoms. The summed E-state index contributed by atoms with van der Waals surface area (Å²) in [4.78, 5) is 16.3. The molecule has 0 spiro atoms. The molecule has 29 heavy (non-hydrogen) atoms. The fraction of sp³-hybridized carbons (Fsp3) is 0.409. The van der Waals surface area contributed by atoms with Gasteiger partial charge in [-0.05, 0) is 18.1 Å². The first-order valence-corrected chi connectivity index (χ1v) is 11.5. The molecule has 0 aromatic heterocycles. The van der Waals surface area contributed by atoms with Gasteiger partial charge >= 0.3 is 0 Å². The number of carbonyl (C=O) groups is 1. The van der Waals surface area contributed by atoms with Crippen LogP contribution in [0.2, 0.25) is 0 Å². The summed E-state index contributed by atoms with van der Waals surface area (Å²) in [5.41, 5.74) is 3.09. The van der Waals surface area contributed by atoms with Crippen molar-refractivity contribution in [3.05, 3.63) is 71.3 Å². The van der Waals surface area contributed by atoms with E-state index >= 15 is 0 Å². The maximum Gasteiger partial charge on any atom is 0.236 e. The number of likely N-dealkylation sites (N-methyl/N-ethyl adjacent to an activating group) is 1. The summed E-state index contributed by atoms with van der Waals surface area (Å²) >= 11 is 0. The molecule has 3 rings (SSSR count). The average molecular weight is 416 g/mol. The van der Waals surface area contributed by atoms with Crippen molar-refractivity contribution in [3.8, 4) is 0 Å². The molecule has 156 valence electrons. The fourth-order valence-electron chi connectivity index (χ4n) is 3.41. The second-order valence-electron chi connectivity index (χ2n) is 7.65. The lowest BCUT2D eigenvalue weighted by Gasteiger charge is -2.34. The van der Waals surface area contributed by atoms with Gasteiger partial charge in [-0.2, -0.15) is 4.31 Å². The van der Waals surface area contributed by atoms with E-state index in [0.29, 0.717) is 39.3 Å².